The highest BCUT2D eigenvalue weighted by molar-refractivity contribution is 6.30. The molecule has 0 spiro atoms. The smallest absolute Gasteiger partial charge is 0.191 e. The van der Waals surface area contributed by atoms with Crippen LogP contribution in [0.3, 0.4) is 0 Å². The van der Waals surface area contributed by atoms with Gasteiger partial charge in [0, 0.05) is 36.4 Å². The van der Waals surface area contributed by atoms with Gasteiger partial charge in [0.2, 0.25) is 0 Å². The molecule has 0 aromatic heterocycles. The summed E-state index contributed by atoms with van der Waals surface area (Å²) in [5.74, 6) is 0.804. The molecule has 0 bridgehead atoms. The minimum absolute atomic E-state index is 0.326. The molecule has 0 radical (unpaired) electrons. The lowest BCUT2D eigenvalue weighted by molar-refractivity contribution is 0.649. The molecule has 1 heterocycles. The van der Waals surface area contributed by atoms with Crippen molar-refractivity contribution in [3.05, 3.63) is 64.7 Å². The zero-order valence-corrected chi connectivity index (χ0v) is 16.2. The fourth-order valence-electron chi connectivity index (χ4n) is 3.21. The Labute approximate surface area is 165 Å². The number of hydrogen-bond donors (Lipinski definition) is 2. The first kappa shape index (κ1) is 19.1. The summed E-state index contributed by atoms with van der Waals surface area (Å²) in [4.78, 5) is 7.02. The molecule has 2 aromatic carbocycles. The van der Waals surface area contributed by atoms with E-state index in [4.69, 9.17) is 16.9 Å². The Balaban J connectivity index is 1.61. The van der Waals surface area contributed by atoms with Gasteiger partial charge in [0.25, 0.3) is 0 Å². The van der Waals surface area contributed by atoms with Crippen LogP contribution in [0.5, 0.6) is 0 Å². The molecule has 27 heavy (non-hydrogen) atoms. The van der Waals surface area contributed by atoms with Crippen LogP contribution >= 0.6 is 11.6 Å². The Morgan fingerprint density at radius 3 is 2.93 bits per heavy atom. The number of halogens is 1. The average Bonchev–Trinajstić information content (AvgIpc) is 3.15. The minimum atomic E-state index is 0.326. The fraction of sp³-hybridized carbons (Fsp3) is 0.333. The van der Waals surface area contributed by atoms with Gasteiger partial charge in [-0.2, -0.15) is 5.26 Å². The van der Waals surface area contributed by atoms with Crippen LogP contribution in [-0.4, -0.2) is 31.6 Å². The second-order valence-corrected chi connectivity index (χ2v) is 7.00. The average molecular weight is 382 g/mol. The van der Waals surface area contributed by atoms with E-state index in [2.05, 4.69) is 39.6 Å². The highest BCUT2D eigenvalue weighted by Gasteiger charge is 2.23. The van der Waals surface area contributed by atoms with Crippen LogP contribution < -0.4 is 15.5 Å². The third-order valence-corrected chi connectivity index (χ3v) is 4.76. The summed E-state index contributed by atoms with van der Waals surface area (Å²) >= 11 is 6.11. The number of anilines is 1. The van der Waals surface area contributed by atoms with Gasteiger partial charge in [-0.1, -0.05) is 29.8 Å². The van der Waals surface area contributed by atoms with Crippen molar-refractivity contribution < 1.29 is 0 Å². The van der Waals surface area contributed by atoms with Crippen LogP contribution in [0.1, 0.15) is 24.5 Å². The molecule has 0 aliphatic carbocycles. The van der Waals surface area contributed by atoms with Gasteiger partial charge in [0.05, 0.1) is 18.2 Å². The first-order chi connectivity index (χ1) is 13.2. The van der Waals surface area contributed by atoms with E-state index in [9.17, 15) is 0 Å². The van der Waals surface area contributed by atoms with Crippen LogP contribution in [-0.2, 0) is 6.54 Å². The molecule has 140 valence electrons. The van der Waals surface area contributed by atoms with Crippen LogP contribution in [0.2, 0.25) is 5.02 Å². The highest BCUT2D eigenvalue weighted by atomic mass is 35.5. The molecule has 1 atom stereocenters. The third kappa shape index (κ3) is 5.38. The molecule has 6 heteroatoms. The number of nitrogens with zero attached hydrogens (tertiary/aromatic N) is 3. The molecule has 3 rings (SSSR count). The van der Waals surface area contributed by atoms with Gasteiger partial charge in [-0.3, -0.25) is 0 Å². The molecule has 2 N–H and O–H groups in total. The summed E-state index contributed by atoms with van der Waals surface area (Å²) < 4.78 is 0. The fourth-order valence-corrected chi connectivity index (χ4v) is 3.39. The lowest BCUT2D eigenvalue weighted by Crippen LogP contribution is -2.44. The van der Waals surface area contributed by atoms with Gasteiger partial charge < -0.3 is 15.5 Å². The van der Waals surface area contributed by atoms with Gasteiger partial charge in [-0.25, -0.2) is 4.99 Å². The van der Waals surface area contributed by atoms with Crippen molar-refractivity contribution in [2.45, 2.75) is 25.9 Å². The van der Waals surface area contributed by atoms with Gasteiger partial charge in [0.15, 0.2) is 5.96 Å². The minimum Gasteiger partial charge on any atom is -0.369 e. The second-order valence-electron chi connectivity index (χ2n) is 6.56. The van der Waals surface area contributed by atoms with Gasteiger partial charge in [-0.05, 0) is 49.2 Å². The molecule has 1 aliphatic rings. The second kappa shape index (κ2) is 9.29. The summed E-state index contributed by atoms with van der Waals surface area (Å²) in [5, 5.41) is 16.6. The molecule has 1 fully saturated rings. The lowest BCUT2D eigenvalue weighted by Gasteiger charge is -2.20. The van der Waals surface area contributed by atoms with Crippen molar-refractivity contribution in [2.75, 3.05) is 24.5 Å². The largest absolute Gasteiger partial charge is 0.369 e. The van der Waals surface area contributed by atoms with Gasteiger partial charge in [0.1, 0.15) is 0 Å². The van der Waals surface area contributed by atoms with Crippen molar-refractivity contribution >= 4 is 23.2 Å². The molecule has 1 aliphatic heterocycles. The van der Waals surface area contributed by atoms with E-state index >= 15 is 0 Å². The number of guanidine groups is 1. The zero-order valence-electron chi connectivity index (χ0n) is 15.5. The number of hydrogen-bond acceptors (Lipinski definition) is 3. The Hall–Kier alpha value is -2.71. The van der Waals surface area contributed by atoms with Crippen LogP contribution in [0.15, 0.2) is 53.5 Å². The standard InChI is InChI=1S/C21H24ClN5/c1-2-24-21(25-14-17-6-3-5-16(11-17)13-23)26-19-9-10-27(15-19)20-8-4-7-18(22)12-20/h3-8,11-12,19H,2,9-10,14-15H2,1H3,(H2,24,25,26). The van der Waals surface area contributed by atoms with E-state index in [1.165, 1.54) is 0 Å². The third-order valence-electron chi connectivity index (χ3n) is 4.52. The molecular weight excluding hydrogens is 358 g/mol. The van der Waals surface area contributed by atoms with Crippen molar-refractivity contribution in [3.8, 4) is 6.07 Å². The first-order valence-electron chi connectivity index (χ1n) is 9.22. The van der Waals surface area contributed by atoms with E-state index in [1.807, 2.05) is 36.4 Å². The van der Waals surface area contributed by atoms with Crippen LogP contribution in [0.25, 0.3) is 0 Å². The summed E-state index contributed by atoms with van der Waals surface area (Å²) in [6.07, 6.45) is 1.04. The molecule has 0 saturated carbocycles. The van der Waals surface area contributed by atoms with Crippen LogP contribution in [0.4, 0.5) is 5.69 Å². The van der Waals surface area contributed by atoms with E-state index in [-0.39, 0.29) is 0 Å². The Morgan fingerprint density at radius 1 is 1.30 bits per heavy atom. The number of rotatable bonds is 5. The molecule has 1 unspecified atom stereocenters. The molecular formula is C21H24ClN5. The van der Waals surface area contributed by atoms with E-state index in [0.717, 1.165) is 48.3 Å². The molecule has 5 nitrogen and oxygen atoms in total. The predicted molar refractivity (Wildman–Crippen MR) is 111 cm³/mol. The number of nitriles is 1. The number of nitrogens with one attached hydrogen (secondary N) is 2. The van der Waals surface area contributed by atoms with E-state index in [1.54, 1.807) is 6.07 Å². The summed E-state index contributed by atoms with van der Waals surface area (Å²) in [6.45, 7) is 5.29. The normalized spacial score (nSPS) is 16.9. The molecule has 0 amide bonds. The van der Waals surface area contributed by atoms with Gasteiger partial charge in [-0.15, -0.1) is 0 Å². The van der Waals surface area contributed by atoms with Crippen molar-refractivity contribution in [3.63, 3.8) is 0 Å². The maximum Gasteiger partial charge on any atom is 0.191 e. The van der Waals surface area contributed by atoms with Crippen molar-refractivity contribution in [2.24, 2.45) is 4.99 Å². The Morgan fingerprint density at radius 2 is 2.15 bits per heavy atom. The Kier molecular flexibility index (Phi) is 6.56. The molecule has 1 saturated heterocycles. The zero-order chi connectivity index (χ0) is 19.1. The quantitative estimate of drug-likeness (QED) is 0.614. The lowest BCUT2D eigenvalue weighted by atomic mass is 10.1. The maximum absolute atomic E-state index is 9.03. The monoisotopic (exact) mass is 381 g/mol. The highest BCUT2D eigenvalue weighted by Crippen LogP contribution is 2.23. The summed E-state index contributed by atoms with van der Waals surface area (Å²) in [6, 6.07) is 18.0. The van der Waals surface area contributed by atoms with Gasteiger partial charge >= 0.3 is 0 Å². The van der Waals surface area contributed by atoms with Crippen molar-refractivity contribution in [1.82, 2.24) is 10.6 Å². The predicted octanol–water partition coefficient (Wildman–Crippen LogP) is 3.55. The van der Waals surface area contributed by atoms with Crippen molar-refractivity contribution in [1.29, 1.82) is 5.26 Å². The number of aliphatic imine (C=N–C) groups is 1. The SMILES string of the molecule is CCNC(=NCc1cccc(C#N)c1)NC1CCN(c2cccc(Cl)c2)C1. The topological polar surface area (TPSA) is 63.5 Å². The van der Waals surface area contributed by atoms with E-state index < -0.39 is 0 Å². The van der Waals surface area contributed by atoms with E-state index in [0.29, 0.717) is 18.2 Å². The maximum atomic E-state index is 9.03. The summed E-state index contributed by atoms with van der Waals surface area (Å²) in [5.41, 5.74) is 2.84. The number of benzene rings is 2. The molecule has 2 aromatic rings. The van der Waals surface area contributed by atoms with Crippen LogP contribution in [0, 0.1) is 11.3 Å². The first-order valence-corrected chi connectivity index (χ1v) is 9.60. The summed E-state index contributed by atoms with van der Waals surface area (Å²) in [7, 11) is 0. The Bertz CT molecular complexity index is 842.